The summed E-state index contributed by atoms with van der Waals surface area (Å²) in [6, 6.07) is 19.6. The average molecular weight is 339 g/mol. The van der Waals surface area contributed by atoms with Crippen molar-refractivity contribution in [1.82, 2.24) is 4.98 Å². The topological polar surface area (TPSA) is 62.2 Å². The molecule has 0 aliphatic carbocycles. The zero-order valence-corrected chi connectivity index (χ0v) is 13.4. The van der Waals surface area contributed by atoms with Gasteiger partial charge in [0.25, 0.3) is 5.91 Å². The minimum absolute atomic E-state index is 0.135. The van der Waals surface area contributed by atoms with Gasteiger partial charge in [-0.15, -0.1) is 0 Å². The molecule has 24 heavy (non-hydrogen) atoms. The molecule has 3 aromatic rings. The molecule has 0 radical (unpaired) electrons. The minimum atomic E-state index is -0.841. The minimum Gasteiger partial charge on any atom is -0.384 e. The highest BCUT2D eigenvalue weighted by Gasteiger charge is 2.17. The standard InChI is InChI=1S/C19H15ClN2O2/c20-18-15(10-6-12-21-18)19(24)22-16-11-5-4-9-14(16)17(23)13-7-2-1-3-8-13/h1-12,17,23H,(H,22,24). The number of benzene rings is 2. The normalized spacial score (nSPS) is 11.8. The fraction of sp³-hybridized carbons (Fsp3) is 0.0526. The number of carbonyl (C=O) groups is 1. The van der Waals surface area contributed by atoms with Gasteiger partial charge in [-0.3, -0.25) is 4.79 Å². The lowest BCUT2D eigenvalue weighted by Gasteiger charge is -2.16. The van der Waals surface area contributed by atoms with Crippen molar-refractivity contribution >= 4 is 23.2 Å². The summed E-state index contributed by atoms with van der Waals surface area (Å²) in [5.41, 5.74) is 2.16. The number of para-hydroxylation sites is 1. The Morgan fingerprint density at radius 1 is 1.00 bits per heavy atom. The van der Waals surface area contributed by atoms with E-state index in [1.54, 1.807) is 30.3 Å². The van der Waals surface area contributed by atoms with Gasteiger partial charge in [-0.1, -0.05) is 60.1 Å². The van der Waals surface area contributed by atoms with Crippen LogP contribution < -0.4 is 5.32 Å². The van der Waals surface area contributed by atoms with E-state index < -0.39 is 6.10 Å². The largest absolute Gasteiger partial charge is 0.384 e. The van der Waals surface area contributed by atoms with Crippen LogP contribution in [-0.4, -0.2) is 16.0 Å². The summed E-state index contributed by atoms with van der Waals surface area (Å²) in [5, 5.41) is 13.6. The lowest BCUT2D eigenvalue weighted by molar-refractivity contribution is 0.102. The van der Waals surface area contributed by atoms with E-state index in [-0.39, 0.29) is 16.6 Å². The second-order valence-corrected chi connectivity index (χ2v) is 5.55. The smallest absolute Gasteiger partial charge is 0.258 e. The molecule has 3 rings (SSSR count). The molecule has 1 aromatic heterocycles. The predicted molar refractivity (Wildman–Crippen MR) is 94.1 cm³/mol. The quantitative estimate of drug-likeness (QED) is 0.705. The van der Waals surface area contributed by atoms with Gasteiger partial charge in [-0.05, 0) is 23.8 Å². The summed E-state index contributed by atoms with van der Waals surface area (Å²) < 4.78 is 0. The van der Waals surface area contributed by atoms with E-state index in [1.807, 2.05) is 36.4 Å². The SMILES string of the molecule is O=C(Nc1ccccc1C(O)c1ccccc1)c1cccnc1Cl. The number of anilines is 1. The van der Waals surface area contributed by atoms with E-state index >= 15 is 0 Å². The third kappa shape index (κ3) is 3.45. The number of nitrogens with zero attached hydrogens (tertiary/aromatic N) is 1. The Morgan fingerprint density at radius 3 is 2.46 bits per heavy atom. The van der Waals surface area contributed by atoms with Crippen LogP contribution in [0.25, 0.3) is 0 Å². The number of pyridine rings is 1. The van der Waals surface area contributed by atoms with Crippen LogP contribution in [0.15, 0.2) is 72.9 Å². The molecule has 1 amide bonds. The molecule has 2 N–H and O–H groups in total. The summed E-state index contributed by atoms with van der Waals surface area (Å²) in [4.78, 5) is 16.3. The first-order chi connectivity index (χ1) is 11.7. The number of hydrogen-bond donors (Lipinski definition) is 2. The van der Waals surface area contributed by atoms with Crippen LogP contribution in [0.5, 0.6) is 0 Å². The first-order valence-corrected chi connectivity index (χ1v) is 7.78. The van der Waals surface area contributed by atoms with Gasteiger partial charge >= 0.3 is 0 Å². The van der Waals surface area contributed by atoms with Gasteiger partial charge in [0.15, 0.2) is 0 Å². The molecule has 5 heteroatoms. The van der Waals surface area contributed by atoms with E-state index in [0.29, 0.717) is 11.3 Å². The van der Waals surface area contributed by atoms with Gasteiger partial charge in [0.2, 0.25) is 0 Å². The van der Waals surface area contributed by atoms with Crippen molar-refractivity contribution in [3.63, 3.8) is 0 Å². The van der Waals surface area contributed by atoms with Gasteiger partial charge in [0.1, 0.15) is 11.3 Å². The number of aromatic nitrogens is 1. The second-order valence-electron chi connectivity index (χ2n) is 5.20. The molecule has 0 saturated heterocycles. The average Bonchev–Trinajstić information content (AvgIpc) is 2.62. The number of hydrogen-bond acceptors (Lipinski definition) is 3. The van der Waals surface area contributed by atoms with Crippen LogP contribution in [0.4, 0.5) is 5.69 Å². The maximum Gasteiger partial charge on any atom is 0.258 e. The molecule has 0 saturated carbocycles. The first kappa shape index (κ1) is 16.2. The lowest BCUT2D eigenvalue weighted by atomic mass is 10.00. The maximum absolute atomic E-state index is 12.4. The number of halogens is 1. The molecular formula is C19H15ClN2O2. The predicted octanol–water partition coefficient (Wildman–Crippen LogP) is 4.07. The first-order valence-electron chi connectivity index (χ1n) is 7.40. The van der Waals surface area contributed by atoms with E-state index in [9.17, 15) is 9.90 Å². The summed E-state index contributed by atoms with van der Waals surface area (Å²) in [5.74, 6) is -0.374. The molecule has 0 fully saturated rings. The number of nitrogens with one attached hydrogen (secondary N) is 1. The zero-order chi connectivity index (χ0) is 16.9. The van der Waals surface area contributed by atoms with Crippen LogP contribution >= 0.6 is 11.6 Å². The number of aliphatic hydroxyl groups is 1. The number of aliphatic hydroxyl groups excluding tert-OH is 1. The van der Waals surface area contributed by atoms with Crippen molar-refractivity contribution in [2.45, 2.75) is 6.10 Å². The van der Waals surface area contributed by atoms with Gasteiger partial charge in [0.05, 0.1) is 5.56 Å². The Labute approximate surface area is 144 Å². The molecule has 0 spiro atoms. The second kappa shape index (κ2) is 7.25. The van der Waals surface area contributed by atoms with Crippen LogP contribution in [-0.2, 0) is 0 Å². The Balaban J connectivity index is 1.90. The molecule has 1 atom stereocenters. The fourth-order valence-electron chi connectivity index (χ4n) is 2.41. The Kier molecular flexibility index (Phi) is 4.89. The molecule has 0 bridgehead atoms. The molecular weight excluding hydrogens is 324 g/mol. The van der Waals surface area contributed by atoms with Crippen molar-refractivity contribution in [2.24, 2.45) is 0 Å². The van der Waals surface area contributed by atoms with Crippen LogP contribution in [0.2, 0.25) is 5.15 Å². The fourth-order valence-corrected chi connectivity index (χ4v) is 2.61. The third-order valence-electron chi connectivity index (χ3n) is 3.62. The van der Waals surface area contributed by atoms with Crippen LogP contribution in [0.1, 0.15) is 27.6 Å². The van der Waals surface area contributed by atoms with Gasteiger partial charge in [-0.2, -0.15) is 0 Å². The summed E-state index contributed by atoms with van der Waals surface area (Å²) in [6.45, 7) is 0. The van der Waals surface area contributed by atoms with Crippen molar-refractivity contribution in [2.75, 3.05) is 5.32 Å². The van der Waals surface area contributed by atoms with E-state index in [1.165, 1.54) is 6.20 Å². The van der Waals surface area contributed by atoms with Crippen LogP contribution in [0.3, 0.4) is 0 Å². The lowest BCUT2D eigenvalue weighted by Crippen LogP contribution is -2.15. The summed E-state index contributed by atoms with van der Waals surface area (Å²) in [7, 11) is 0. The molecule has 2 aromatic carbocycles. The summed E-state index contributed by atoms with van der Waals surface area (Å²) >= 11 is 5.96. The monoisotopic (exact) mass is 338 g/mol. The zero-order valence-electron chi connectivity index (χ0n) is 12.7. The highest BCUT2D eigenvalue weighted by Crippen LogP contribution is 2.28. The molecule has 4 nitrogen and oxygen atoms in total. The highest BCUT2D eigenvalue weighted by atomic mass is 35.5. The number of amides is 1. The summed E-state index contributed by atoms with van der Waals surface area (Å²) in [6.07, 6.45) is 0.679. The molecule has 1 unspecified atom stereocenters. The van der Waals surface area contributed by atoms with E-state index in [4.69, 9.17) is 11.6 Å². The van der Waals surface area contributed by atoms with Crippen molar-refractivity contribution in [3.05, 3.63) is 94.8 Å². The van der Waals surface area contributed by atoms with Crippen LogP contribution in [0, 0.1) is 0 Å². The van der Waals surface area contributed by atoms with Gasteiger partial charge in [0, 0.05) is 17.4 Å². The highest BCUT2D eigenvalue weighted by molar-refractivity contribution is 6.33. The van der Waals surface area contributed by atoms with Gasteiger partial charge < -0.3 is 10.4 Å². The van der Waals surface area contributed by atoms with Crippen molar-refractivity contribution in [3.8, 4) is 0 Å². The van der Waals surface area contributed by atoms with Crippen molar-refractivity contribution < 1.29 is 9.90 Å². The molecule has 1 heterocycles. The van der Waals surface area contributed by atoms with Gasteiger partial charge in [-0.25, -0.2) is 4.98 Å². The van der Waals surface area contributed by atoms with E-state index in [0.717, 1.165) is 5.56 Å². The maximum atomic E-state index is 12.4. The third-order valence-corrected chi connectivity index (χ3v) is 3.92. The molecule has 0 aliphatic rings. The number of rotatable bonds is 4. The van der Waals surface area contributed by atoms with Crippen molar-refractivity contribution in [1.29, 1.82) is 0 Å². The number of carbonyl (C=O) groups excluding carboxylic acids is 1. The Morgan fingerprint density at radius 2 is 1.71 bits per heavy atom. The molecule has 120 valence electrons. The Hall–Kier alpha value is -2.69. The molecule has 0 aliphatic heterocycles. The Bertz CT molecular complexity index is 853. The van der Waals surface area contributed by atoms with E-state index in [2.05, 4.69) is 10.3 Å².